The van der Waals surface area contributed by atoms with Crippen molar-refractivity contribution in [2.45, 2.75) is 12.8 Å². The number of para-hydroxylation sites is 1. The summed E-state index contributed by atoms with van der Waals surface area (Å²) in [6.07, 6.45) is 0.324. The van der Waals surface area contributed by atoms with Gasteiger partial charge < -0.3 is 14.8 Å². The average molecular weight is 330 g/mol. The molecule has 0 spiro atoms. The molecule has 0 radical (unpaired) electrons. The third kappa shape index (κ3) is 4.22. The summed E-state index contributed by atoms with van der Waals surface area (Å²) in [6, 6.07) is 12.0. The van der Waals surface area contributed by atoms with E-state index < -0.39 is 10.9 Å². The zero-order valence-electron chi connectivity index (χ0n) is 13.4. The maximum Gasteiger partial charge on any atom is 0.305 e. The lowest BCUT2D eigenvalue weighted by atomic mass is 10.1. The Labute approximate surface area is 139 Å². The van der Waals surface area contributed by atoms with Crippen LogP contribution < -0.4 is 10.1 Å². The minimum Gasteiger partial charge on any atom is -0.497 e. The van der Waals surface area contributed by atoms with Gasteiger partial charge in [0.15, 0.2) is 0 Å². The van der Waals surface area contributed by atoms with Crippen molar-refractivity contribution in [1.29, 1.82) is 0 Å². The molecule has 2 rings (SSSR count). The lowest BCUT2D eigenvalue weighted by Crippen LogP contribution is -2.05. The van der Waals surface area contributed by atoms with E-state index in [0.717, 1.165) is 0 Å². The first-order valence-electron chi connectivity index (χ1n) is 7.29. The van der Waals surface area contributed by atoms with Gasteiger partial charge in [-0.3, -0.25) is 14.9 Å². The molecule has 0 atom stereocenters. The number of esters is 1. The number of nitrogens with zero attached hydrogens (tertiary/aromatic N) is 1. The molecule has 0 fully saturated rings. The van der Waals surface area contributed by atoms with Crippen molar-refractivity contribution >= 4 is 23.0 Å². The molecule has 24 heavy (non-hydrogen) atoms. The van der Waals surface area contributed by atoms with Gasteiger partial charge in [0.25, 0.3) is 5.69 Å². The number of nitro benzene ring substituents is 1. The summed E-state index contributed by atoms with van der Waals surface area (Å²) in [6.45, 7) is 0. The highest BCUT2D eigenvalue weighted by Gasteiger charge is 2.20. The maximum atomic E-state index is 11.5. The summed E-state index contributed by atoms with van der Waals surface area (Å²) in [5.74, 6) is 0.291. The molecule has 0 heterocycles. The van der Waals surface area contributed by atoms with Crippen molar-refractivity contribution in [2.24, 2.45) is 0 Å². The van der Waals surface area contributed by atoms with E-state index in [-0.39, 0.29) is 18.5 Å². The summed E-state index contributed by atoms with van der Waals surface area (Å²) in [4.78, 5) is 22.3. The van der Waals surface area contributed by atoms with E-state index in [1.165, 1.54) is 7.11 Å². The van der Waals surface area contributed by atoms with Gasteiger partial charge in [0.2, 0.25) is 0 Å². The standard InChI is InChI=1S/C17H18N2O5/c1-23-14-9-7-13(8-10-14)18-15-5-3-4-12(17(15)19(21)22)6-11-16(20)24-2/h3-5,7-10,18H,6,11H2,1-2H3. The van der Waals surface area contributed by atoms with Gasteiger partial charge in [0, 0.05) is 17.7 Å². The number of anilines is 2. The molecule has 0 aromatic heterocycles. The SMILES string of the molecule is COC(=O)CCc1cccc(Nc2ccc(OC)cc2)c1[N+](=O)[O-]. The number of hydrogen-bond acceptors (Lipinski definition) is 6. The number of methoxy groups -OCH3 is 2. The highest BCUT2D eigenvalue weighted by molar-refractivity contribution is 5.74. The van der Waals surface area contributed by atoms with Crippen LogP contribution in [0.4, 0.5) is 17.1 Å². The van der Waals surface area contributed by atoms with Crippen LogP contribution >= 0.6 is 0 Å². The first kappa shape index (κ1) is 17.3. The zero-order valence-corrected chi connectivity index (χ0v) is 13.4. The molecule has 0 bridgehead atoms. The molecule has 7 nitrogen and oxygen atoms in total. The molecular formula is C17H18N2O5. The second-order valence-electron chi connectivity index (χ2n) is 5.00. The Morgan fingerprint density at radius 1 is 1.17 bits per heavy atom. The number of hydrogen-bond donors (Lipinski definition) is 1. The third-order valence-corrected chi connectivity index (χ3v) is 3.50. The Morgan fingerprint density at radius 3 is 2.46 bits per heavy atom. The van der Waals surface area contributed by atoms with Gasteiger partial charge in [-0.15, -0.1) is 0 Å². The number of nitrogens with one attached hydrogen (secondary N) is 1. The molecule has 0 amide bonds. The van der Waals surface area contributed by atoms with Crippen LogP contribution in [0.25, 0.3) is 0 Å². The maximum absolute atomic E-state index is 11.5. The van der Waals surface area contributed by atoms with Crippen molar-refractivity contribution in [3.8, 4) is 5.75 Å². The van der Waals surface area contributed by atoms with Crippen LogP contribution in [0.15, 0.2) is 42.5 Å². The van der Waals surface area contributed by atoms with Crippen LogP contribution in [0.2, 0.25) is 0 Å². The first-order chi connectivity index (χ1) is 11.5. The normalized spacial score (nSPS) is 10.1. The fourth-order valence-electron chi connectivity index (χ4n) is 2.28. The van der Waals surface area contributed by atoms with E-state index in [1.807, 2.05) is 0 Å². The Bertz CT molecular complexity index is 728. The van der Waals surface area contributed by atoms with Gasteiger partial charge in [-0.25, -0.2) is 0 Å². The molecule has 1 N–H and O–H groups in total. The van der Waals surface area contributed by atoms with Crippen molar-refractivity contribution < 1.29 is 19.2 Å². The smallest absolute Gasteiger partial charge is 0.305 e. The van der Waals surface area contributed by atoms with Crippen LogP contribution in [-0.2, 0) is 16.0 Å². The molecule has 0 unspecified atom stereocenters. The van der Waals surface area contributed by atoms with Gasteiger partial charge in [-0.2, -0.15) is 0 Å². The van der Waals surface area contributed by atoms with Crippen molar-refractivity contribution in [1.82, 2.24) is 0 Å². The highest BCUT2D eigenvalue weighted by atomic mass is 16.6. The number of rotatable bonds is 7. The molecule has 0 saturated carbocycles. The van der Waals surface area contributed by atoms with Gasteiger partial charge in [-0.05, 0) is 36.8 Å². The number of carbonyl (C=O) groups is 1. The summed E-state index contributed by atoms with van der Waals surface area (Å²) in [7, 11) is 2.86. The Morgan fingerprint density at radius 2 is 1.88 bits per heavy atom. The van der Waals surface area contributed by atoms with Crippen molar-refractivity contribution in [2.75, 3.05) is 19.5 Å². The third-order valence-electron chi connectivity index (χ3n) is 3.50. The second-order valence-corrected chi connectivity index (χ2v) is 5.00. The topological polar surface area (TPSA) is 90.7 Å². The Kier molecular flexibility index (Phi) is 5.73. The fourth-order valence-corrected chi connectivity index (χ4v) is 2.28. The molecule has 0 aliphatic rings. The molecule has 126 valence electrons. The summed E-state index contributed by atoms with van der Waals surface area (Å²) in [5, 5.41) is 14.5. The number of carbonyl (C=O) groups excluding carboxylic acids is 1. The van der Waals surface area contributed by atoms with Crippen LogP contribution in [0.1, 0.15) is 12.0 Å². The van der Waals surface area contributed by atoms with E-state index >= 15 is 0 Å². The highest BCUT2D eigenvalue weighted by Crippen LogP contribution is 2.32. The van der Waals surface area contributed by atoms with Gasteiger partial charge in [-0.1, -0.05) is 12.1 Å². The number of ether oxygens (including phenoxy) is 2. The summed E-state index contributed by atoms with van der Waals surface area (Å²) < 4.78 is 9.67. The summed E-state index contributed by atoms with van der Waals surface area (Å²) >= 11 is 0. The number of nitro groups is 1. The van der Waals surface area contributed by atoms with Crippen LogP contribution in [0.5, 0.6) is 5.75 Å². The molecule has 0 aliphatic heterocycles. The number of benzene rings is 2. The summed E-state index contributed by atoms with van der Waals surface area (Å²) in [5.41, 5.74) is 1.50. The largest absolute Gasteiger partial charge is 0.497 e. The fraction of sp³-hybridized carbons (Fsp3) is 0.235. The minimum atomic E-state index is -0.446. The van der Waals surface area contributed by atoms with Gasteiger partial charge in [0.05, 0.1) is 19.1 Å². The van der Waals surface area contributed by atoms with Gasteiger partial charge >= 0.3 is 5.97 Å². The van der Waals surface area contributed by atoms with E-state index in [2.05, 4.69) is 10.1 Å². The Balaban J connectivity index is 2.27. The van der Waals surface area contributed by atoms with E-state index in [0.29, 0.717) is 22.7 Å². The lowest BCUT2D eigenvalue weighted by molar-refractivity contribution is -0.384. The molecule has 0 saturated heterocycles. The van der Waals surface area contributed by atoms with Crippen LogP contribution in [0.3, 0.4) is 0 Å². The van der Waals surface area contributed by atoms with E-state index in [1.54, 1.807) is 49.6 Å². The quantitative estimate of drug-likeness (QED) is 0.475. The monoisotopic (exact) mass is 330 g/mol. The predicted octanol–water partition coefficient (Wildman–Crippen LogP) is 3.45. The first-order valence-corrected chi connectivity index (χ1v) is 7.29. The van der Waals surface area contributed by atoms with Crippen LogP contribution in [-0.4, -0.2) is 25.1 Å². The van der Waals surface area contributed by atoms with Crippen molar-refractivity contribution in [3.63, 3.8) is 0 Å². The molecule has 2 aromatic carbocycles. The number of aryl methyl sites for hydroxylation is 1. The van der Waals surface area contributed by atoms with E-state index in [4.69, 9.17) is 4.74 Å². The molecule has 0 aliphatic carbocycles. The molecule has 2 aromatic rings. The Hall–Kier alpha value is -3.09. The van der Waals surface area contributed by atoms with Crippen LogP contribution in [0, 0.1) is 10.1 Å². The van der Waals surface area contributed by atoms with Crippen molar-refractivity contribution in [3.05, 3.63) is 58.1 Å². The van der Waals surface area contributed by atoms with E-state index in [9.17, 15) is 14.9 Å². The van der Waals surface area contributed by atoms with Gasteiger partial charge in [0.1, 0.15) is 11.4 Å². The minimum absolute atomic E-state index is 0.0442. The lowest BCUT2D eigenvalue weighted by Gasteiger charge is -2.10. The second kappa shape index (κ2) is 7.96. The average Bonchev–Trinajstić information content (AvgIpc) is 2.60. The zero-order chi connectivity index (χ0) is 17.5. The molecular weight excluding hydrogens is 312 g/mol. The molecule has 7 heteroatoms. The predicted molar refractivity (Wildman–Crippen MR) is 89.7 cm³/mol.